The van der Waals surface area contributed by atoms with Crippen LogP contribution < -0.4 is 5.32 Å². The molecule has 1 aliphatic rings. The van der Waals surface area contributed by atoms with Crippen LogP contribution in [0.25, 0.3) is 0 Å². The van der Waals surface area contributed by atoms with Crippen LogP contribution in [0.15, 0.2) is 24.3 Å². The van der Waals surface area contributed by atoms with E-state index in [1.165, 1.54) is 43.4 Å². The lowest BCUT2D eigenvalue weighted by atomic mass is 10.1. The van der Waals surface area contributed by atoms with Crippen LogP contribution in [0, 0.1) is 0 Å². The maximum atomic E-state index is 3.19. The van der Waals surface area contributed by atoms with Crippen molar-refractivity contribution in [3.05, 3.63) is 35.4 Å². The highest BCUT2D eigenvalue weighted by Crippen LogP contribution is 2.24. The van der Waals surface area contributed by atoms with Gasteiger partial charge in [-0.25, -0.2) is 0 Å². The Hall–Kier alpha value is -0.860. The van der Waals surface area contributed by atoms with Gasteiger partial charge in [0.2, 0.25) is 0 Å². The molecule has 1 fully saturated rings. The molecule has 0 radical (unpaired) electrons. The van der Waals surface area contributed by atoms with Gasteiger partial charge in [0.25, 0.3) is 0 Å². The van der Waals surface area contributed by atoms with Crippen molar-refractivity contribution in [1.82, 2.24) is 10.2 Å². The highest BCUT2D eigenvalue weighted by atomic mass is 15.1. The number of hydrogen-bond donors (Lipinski definition) is 1. The normalized spacial score (nSPS) is 16.6. The molecule has 0 heterocycles. The van der Waals surface area contributed by atoms with Gasteiger partial charge in [0, 0.05) is 19.1 Å². The predicted octanol–water partition coefficient (Wildman–Crippen LogP) is 3.17. The van der Waals surface area contributed by atoms with Gasteiger partial charge in [-0.2, -0.15) is 0 Å². The van der Waals surface area contributed by atoms with E-state index in [4.69, 9.17) is 0 Å². The molecule has 100 valence electrons. The van der Waals surface area contributed by atoms with Crippen LogP contribution in [0.1, 0.15) is 43.7 Å². The molecule has 0 bridgehead atoms. The fourth-order valence-electron chi connectivity index (χ4n) is 2.97. The van der Waals surface area contributed by atoms with E-state index in [-0.39, 0.29) is 0 Å². The summed E-state index contributed by atoms with van der Waals surface area (Å²) in [7, 11) is 1.99. The Morgan fingerprint density at radius 3 is 2.28 bits per heavy atom. The first-order valence-electron chi connectivity index (χ1n) is 7.30. The largest absolute Gasteiger partial charge is 0.316 e. The third-order valence-corrected chi connectivity index (χ3v) is 4.04. The zero-order valence-electron chi connectivity index (χ0n) is 11.8. The minimum Gasteiger partial charge on any atom is -0.316 e. The first kappa shape index (κ1) is 13.6. The van der Waals surface area contributed by atoms with E-state index >= 15 is 0 Å². The molecule has 1 N–H and O–H groups in total. The first-order valence-corrected chi connectivity index (χ1v) is 7.30. The fourth-order valence-corrected chi connectivity index (χ4v) is 2.97. The molecule has 2 nitrogen and oxygen atoms in total. The second-order valence-corrected chi connectivity index (χ2v) is 5.35. The first-order chi connectivity index (χ1) is 8.83. The van der Waals surface area contributed by atoms with Crippen LogP contribution in [0.3, 0.4) is 0 Å². The smallest absolute Gasteiger partial charge is 0.0236 e. The Morgan fingerprint density at radius 1 is 1.11 bits per heavy atom. The van der Waals surface area contributed by atoms with E-state index in [0.29, 0.717) is 0 Å². The van der Waals surface area contributed by atoms with Gasteiger partial charge in [-0.3, -0.25) is 4.90 Å². The molecular formula is C16H26N2. The van der Waals surface area contributed by atoms with Crippen molar-refractivity contribution in [2.24, 2.45) is 0 Å². The van der Waals surface area contributed by atoms with E-state index in [9.17, 15) is 0 Å². The van der Waals surface area contributed by atoms with Crippen LogP contribution in [-0.2, 0) is 13.1 Å². The SMILES string of the molecule is CCN(Cc1ccc(CNC)cc1)C1CCCC1. The van der Waals surface area contributed by atoms with Crippen LogP contribution in [0.5, 0.6) is 0 Å². The van der Waals surface area contributed by atoms with Gasteiger partial charge in [0.1, 0.15) is 0 Å². The molecule has 0 amide bonds. The summed E-state index contributed by atoms with van der Waals surface area (Å²) in [6, 6.07) is 9.88. The summed E-state index contributed by atoms with van der Waals surface area (Å²) in [6.07, 6.45) is 5.63. The van der Waals surface area contributed by atoms with E-state index in [1.807, 2.05) is 7.05 Å². The van der Waals surface area contributed by atoms with Gasteiger partial charge in [-0.15, -0.1) is 0 Å². The molecule has 0 atom stereocenters. The van der Waals surface area contributed by atoms with E-state index in [1.54, 1.807) is 0 Å². The number of benzene rings is 1. The quantitative estimate of drug-likeness (QED) is 0.829. The lowest BCUT2D eigenvalue weighted by Crippen LogP contribution is -2.32. The van der Waals surface area contributed by atoms with Crippen molar-refractivity contribution in [3.8, 4) is 0 Å². The summed E-state index contributed by atoms with van der Waals surface area (Å²) < 4.78 is 0. The molecule has 0 aliphatic heterocycles. The van der Waals surface area contributed by atoms with Crippen LogP contribution in [0.2, 0.25) is 0 Å². The Kier molecular flexibility index (Phi) is 5.21. The van der Waals surface area contributed by atoms with Crippen molar-refractivity contribution in [2.45, 2.75) is 51.7 Å². The van der Waals surface area contributed by atoms with Crippen molar-refractivity contribution in [1.29, 1.82) is 0 Å². The van der Waals surface area contributed by atoms with Crippen molar-refractivity contribution in [2.75, 3.05) is 13.6 Å². The lowest BCUT2D eigenvalue weighted by molar-refractivity contribution is 0.200. The monoisotopic (exact) mass is 246 g/mol. The second kappa shape index (κ2) is 6.91. The third-order valence-electron chi connectivity index (χ3n) is 4.04. The Bertz CT molecular complexity index is 339. The second-order valence-electron chi connectivity index (χ2n) is 5.35. The number of hydrogen-bond acceptors (Lipinski definition) is 2. The molecular weight excluding hydrogens is 220 g/mol. The van der Waals surface area contributed by atoms with Crippen LogP contribution in [0.4, 0.5) is 0 Å². The van der Waals surface area contributed by atoms with Gasteiger partial charge < -0.3 is 5.32 Å². The Morgan fingerprint density at radius 2 is 1.72 bits per heavy atom. The molecule has 2 heteroatoms. The summed E-state index contributed by atoms with van der Waals surface area (Å²) in [6.45, 7) is 5.53. The molecule has 1 aliphatic carbocycles. The minimum absolute atomic E-state index is 0.826. The Labute approximate surface area is 111 Å². The maximum absolute atomic E-state index is 3.19. The highest BCUT2D eigenvalue weighted by Gasteiger charge is 2.21. The van der Waals surface area contributed by atoms with Crippen molar-refractivity contribution >= 4 is 0 Å². The molecule has 0 aromatic heterocycles. The third kappa shape index (κ3) is 3.56. The summed E-state index contributed by atoms with van der Waals surface area (Å²) >= 11 is 0. The van der Waals surface area contributed by atoms with E-state index in [0.717, 1.165) is 19.1 Å². The predicted molar refractivity (Wildman–Crippen MR) is 77.5 cm³/mol. The minimum atomic E-state index is 0.826. The summed E-state index contributed by atoms with van der Waals surface area (Å²) in [5.41, 5.74) is 2.81. The molecule has 0 unspecified atom stereocenters. The molecule has 2 rings (SSSR count). The molecule has 0 saturated heterocycles. The molecule has 0 spiro atoms. The fraction of sp³-hybridized carbons (Fsp3) is 0.625. The van der Waals surface area contributed by atoms with E-state index < -0.39 is 0 Å². The topological polar surface area (TPSA) is 15.3 Å². The summed E-state index contributed by atoms with van der Waals surface area (Å²) in [4.78, 5) is 2.64. The highest BCUT2D eigenvalue weighted by molar-refractivity contribution is 5.22. The Balaban J connectivity index is 1.93. The standard InChI is InChI=1S/C16H26N2/c1-3-18(16-6-4-5-7-16)13-15-10-8-14(9-11-15)12-17-2/h8-11,16-17H,3-7,12-13H2,1-2H3. The van der Waals surface area contributed by atoms with Crippen LogP contribution >= 0.6 is 0 Å². The molecule has 1 saturated carbocycles. The average Bonchev–Trinajstić information content (AvgIpc) is 2.92. The molecule has 1 aromatic carbocycles. The number of nitrogens with zero attached hydrogens (tertiary/aromatic N) is 1. The number of rotatable bonds is 6. The van der Waals surface area contributed by atoms with Gasteiger partial charge in [-0.05, 0) is 37.6 Å². The number of nitrogens with one attached hydrogen (secondary N) is 1. The lowest BCUT2D eigenvalue weighted by Gasteiger charge is -2.27. The van der Waals surface area contributed by atoms with Gasteiger partial charge in [0.15, 0.2) is 0 Å². The van der Waals surface area contributed by atoms with Gasteiger partial charge >= 0.3 is 0 Å². The molecule has 18 heavy (non-hydrogen) atoms. The van der Waals surface area contributed by atoms with Gasteiger partial charge in [-0.1, -0.05) is 44.0 Å². The van der Waals surface area contributed by atoms with Crippen molar-refractivity contribution in [3.63, 3.8) is 0 Å². The average molecular weight is 246 g/mol. The summed E-state index contributed by atoms with van der Waals surface area (Å²) in [5, 5.41) is 3.19. The zero-order valence-corrected chi connectivity index (χ0v) is 11.8. The van der Waals surface area contributed by atoms with E-state index in [2.05, 4.69) is 41.4 Å². The van der Waals surface area contributed by atoms with Crippen molar-refractivity contribution < 1.29 is 0 Å². The zero-order chi connectivity index (χ0) is 12.8. The summed E-state index contributed by atoms with van der Waals surface area (Å²) in [5.74, 6) is 0. The molecule has 1 aromatic rings. The maximum Gasteiger partial charge on any atom is 0.0236 e. The van der Waals surface area contributed by atoms with Crippen LogP contribution in [-0.4, -0.2) is 24.5 Å². The van der Waals surface area contributed by atoms with Gasteiger partial charge in [0.05, 0.1) is 0 Å².